The zero-order valence-corrected chi connectivity index (χ0v) is 20.5. The Morgan fingerprint density at radius 1 is 0.838 bits per heavy atom. The molecule has 1 aliphatic carbocycles. The Bertz CT molecular complexity index is 1100. The normalized spacial score (nSPS) is 20.4. The molecule has 3 aliphatic rings. The highest BCUT2D eigenvalue weighted by Crippen LogP contribution is 2.29. The Labute approximate surface area is 213 Å². The fourth-order valence-corrected chi connectivity index (χ4v) is 4.84. The maximum Gasteiger partial charge on any atom is 0.573 e. The van der Waals surface area contributed by atoms with Crippen LogP contribution in [-0.2, 0) is 11.2 Å². The van der Waals surface area contributed by atoms with Crippen LogP contribution in [0.25, 0.3) is 0 Å². The Hall–Kier alpha value is -3.27. The van der Waals surface area contributed by atoms with Gasteiger partial charge in [-0.05, 0) is 60.7 Å². The number of rotatable bonds is 7. The third-order valence-corrected chi connectivity index (χ3v) is 7.13. The summed E-state index contributed by atoms with van der Waals surface area (Å²) in [6.07, 6.45) is -2.21. The summed E-state index contributed by atoms with van der Waals surface area (Å²) < 4.78 is 46.7. The lowest BCUT2D eigenvalue weighted by atomic mass is 10.1. The predicted octanol–water partition coefficient (Wildman–Crippen LogP) is 3.59. The van der Waals surface area contributed by atoms with Crippen molar-refractivity contribution < 1.29 is 32.2 Å². The first-order valence-electron chi connectivity index (χ1n) is 12.6. The second kappa shape index (κ2) is 10.6. The molecule has 10 heteroatoms. The van der Waals surface area contributed by atoms with E-state index in [4.69, 9.17) is 4.74 Å². The van der Waals surface area contributed by atoms with Gasteiger partial charge in [0.05, 0.1) is 13.0 Å². The molecule has 1 unspecified atom stereocenters. The van der Waals surface area contributed by atoms with Gasteiger partial charge in [-0.3, -0.25) is 14.5 Å². The number of benzene rings is 2. The van der Waals surface area contributed by atoms with Gasteiger partial charge in [-0.25, -0.2) is 0 Å². The Balaban J connectivity index is 1.14. The van der Waals surface area contributed by atoms with Crippen molar-refractivity contribution in [1.29, 1.82) is 0 Å². The summed E-state index contributed by atoms with van der Waals surface area (Å²) in [6, 6.07) is 12.7. The van der Waals surface area contributed by atoms with E-state index in [-0.39, 0.29) is 30.0 Å². The van der Waals surface area contributed by atoms with Crippen molar-refractivity contribution >= 4 is 11.8 Å². The Morgan fingerprint density at radius 3 is 2.11 bits per heavy atom. The van der Waals surface area contributed by atoms with Crippen LogP contribution in [0.15, 0.2) is 48.5 Å². The molecule has 5 rings (SSSR count). The quantitative estimate of drug-likeness (QED) is 0.562. The molecule has 0 spiro atoms. The van der Waals surface area contributed by atoms with E-state index in [9.17, 15) is 22.8 Å². The average molecular weight is 518 g/mol. The van der Waals surface area contributed by atoms with Crippen LogP contribution in [0.1, 0.15) is 28.8 Å². The number of piperazine rings is 2. The van der Waals surface area contributed by atoms with Crippen LogP contribution < -0.4 is 9.47 Å². The van der Waals surface area contributed by atoms with E-state index < -0.39 is 6.36 Å². The molecule has 0 aromatic heterocycles. The molecule has 0 N–H and O–H groups in total. The Kier molecular flexibility index (Phi) is 7.28. The van der Waals surface area contributed by atoms with E-state index in [0.29, 0.717) is 43.2 Å². The fraction of sp³-hybridized carbons (Fsp3) is 0.481. The molecule has 2 heterocycles. The molecule has 2 amide bonds. The fourth-order valence-electron chi connectivity index (χ4n) is 4.84. The molecule has 2 aromatic rings. The second-order valence-corrected chi connectivity index (χ2v) is 9.93. The number of hydrogen-bond donors (Lipinski definition) is 0. The smallest absolute Gasteiger partial charge is 0.493 e. The first-order chi connectivity index (χ1) is 17.7. The SMILES string of the molecule is O=C(Cc1ccc(OC(F)(F)F)cc1)N1CCN2CCN(C(=O)c3ccc(OCC4CC4)cc3)CC2C1. The van der Waals surface area contributed by atoms with Gasteiger partial charge in [-0.15, -0.1) is 13.2 Å². The lowest BCUT2D eigenvalue weighted by Gasteiger charge is -2.47. The van der Waals surface area contributed by atoms with Crippen LogP contribution in [0.2, 0.25) is 0 Å². The summed E-state index contributed by atoms with van der Waals surface area (Å²) in [5.74, 6) is 1.01. The molecule has 198 valence electrons. The number of alkyl halides is 3. The van der Waals surface area contributed by atoms with Gasteiger partial charge >= 0.3 is 6.36 Å². The molecular weight excluding hydrogens is 487 g/mol. The van der Waals surface area contributed by atoms with Gasteiger partial charge in [0.2, 0.25) is 5.91 Å². The first-order valence-corrected chi connectivity index (χ1v) is 12.6. The lowest BCUT2D eigenvalue weighted by Crippen LogP contribution is -2.63. The van der Waals surface area contributed by atoms with Crippen molar-refractivity contribution in [1.82, 2.24) is 14.7 Å². The zero-order valence-electron chi connectivity index (χ0n) is 20.5. The molecule has 1 atom stereocenters. The van der Waals surface area contributed by atoms with E-state index in [0.717, 1.165) is 25.4 Å². The van der Waals surface area contributed by atoms with Crippen LogP contribution in [0, 0.1) is 5.92 Å². The number of hydrogen-bond acceptors (Lipinski definition) is 5. The largest absolute Gasteiger partial charge is 0.573 e. The predicted molar refractivity (Wildman–Crippen MR) is 129 cm³/mol. The minimum Gasteiger partial charge on any atom is -0.493 e. The molecule has 37 heavy (non-hydrogen) atoms. The van der Waals surface area contributed by atoms with Crippen molar-refractivity contribution in [3.05, 3.63) is 59.7 Å². The van der Waals surface area contributed by atoms with Gasteiger partial charge in [0.1, 0.15) is 11.5 Å². The molecule has 2 aromatic carbocycles. The van der Waals surface area contributed by atoms with E-state index >= 15 is 0 Å². The molecule has 7 nitrogen and oxygen atoms in total. The highest BCUT2D eigenvalue weighted by Gasteiger charge is 2.35. The average Bonchev–Trinajstić information content (AvgIpc) is 3.72. The summed E-state index contributed by atoms with van der Waals surface area (Å²) in [5.41, 5.74) is 1.24. The van der Waals surface area contributed by atoms with Crippen LogP contribution in [0.4, 0.5) is 13.2 Å². The molecule has 0 bridgehead atoms. The topological polar surface area (TPSA) is 62.3 Å². The van der Waals surface area contributed by atoms with E-state index in [2.05, 4.69) is 9.64 Å². The summed E-state index contributed by atoms with van der Waals surface area (Å²) in [6.45, 7) is 4.46. The molecule has 0 radical (unpaired) electrons. The van der Waals surface area contributed by atoms with Crippen molar-refractivity contribution in [3.63, 3.8) is 0 Å². The Morgan fingerprint density at radius 2 is 1.46 bits per heavy atom. The van der Waals surface area contributed by atoms with Crippen molar-refractivity contribution in [2.75, 3.05) is 45.9 Å². The van der Waals surface area contributed by atoms with Crippen molar-refractivity contribution in [2.45, 2.75) is 31.7 Å². The van der Waals surface area contributed by atoms with Gasteiger partial charge in [0, 0.05) is 50.9 Å². The summed E-state index contributed by atoms with van der Waals surface area (Å²) in [5, 5.41) is 0. The van der Waals surface area contributed by atoms with E-state index in [1.54, 1.807) is 17.0 Å². The number of halogens is 3. The van der Waals surface area contributed by atoms with E-state index in [1.165, 1.54) is 37.1 Å². The maximum absolute atomic E-state index is 13.1. The van der Waals surface area contributed by atoms with Gasteiger partial charge in [-0.1, -0.05) is 12.1 Å². The first kappa shape index (κ1) is 25.4. The highest BCUT2D eigenvalue weighted by molar-refractivity contribution is 5.94. The maximum atomic E-state index is 13.1. The highest BCUT2D eigenvalue weighted by atomic mass is 19.4. The summed E-state index contributed by atoms with van der Waals surface area (Å²) in [7, 11) is 0. The van der Waals surface area contributed by atoms with Gasteiger partial charge < -0.3 is 19.3 Å². The number of carbonyl (C=O) groups is 2. The van der Waals surface area contributed by atoms with Crippen LogP contribution >= 0.6 is 0 Å². The van der Waals surface area contributed by atoms with Crippen molar-refractivity contribution in [3.8, 4) is 11.5 Å². The van der Waals surface area contributed by atoms with Crippen LogP contribution in [-0.4, -0.2) is 84.8 Å². The number of nitrogens with zero attached hydrogens (tertiary/aromatic N) is 3. The molecule has 1 saturated carbocycles. The van der Waals surface area contributed by atoms with E-state index in [1.807, 2.05) is 17.0 Å². The van der Waals surface area contributed by atoms with Gasteiger partial charge in [-0.2, -0.15) is 0 Å². The third-order valence-electron chi connectivity index (χ3n) is 7.13. The minimum atomic E-state index is -4.75. The van der Waals surface area contributed by atoms with Crippen LogP contribution in [0.5, 0.6) is 11.5 Å². The summed E-state index contributed by atoms with van der Waals surface area (Å²) in [4.78, 5) is 32.0. The number of ether oxygens (including phenoxy) is 2. The second-order valence-electron chi connectivity index (χ2n) is 9.93. The minimum absolute atomic E-state index is 0.0296. The number of fused-ring (bicyclic) bond motifs is 1. The number of carbonyl (C=O) groups excluding carboxylic acids is 2. The number of amides is 2. The summed E-state index contributed by atoms with van der Waals surface area (Å²) >= 11 is 0. The zero-order chi connectivity index (χ0) is 26.0. The van der Waals surface area contributed by atoms with Gasteiger partial charge in [0.15, 0.2) is 0 Å². The molecular formula is C27H30F3N3O4. The molecule has 2 saturated heterocycles. The standard InChI is InChI=1S/C27H30F3N3O4/c28-27(29,30)37-24-7-3-19(4-8-24)15-25(34)32-13-11-31-12-14-33(17-22(31)16-32)26(35)21-5-9-23(10-6-21)36-18-20-1-2-20/h3-10,20,22H,1-2,11-18H2. The van der Waals surface area contributed by atoms with Gasteiger partial charge in [0.25, 0.3) is 5.91 Å². The van der Waals surface area contributed by atoms with Crippen molar-refractivity contribution in [2.24, 2.45) is 5.92 Å². The van der Waals surface area contributed by atoms with Crippen LogP contribution in [0.3, 0.4) is 0 Å². The monoisotopic (exact) mass is 517 g/mol. The third kappa shape index (κ3) is 6.74. The lowest BCUT2D eigenvalue weighted by molar-refractivity contribution is -0.274. The molecule has 2 aliphatic heterocycles. The molecule has 3 fully saturated rings.